The van der Waals surface area contributed by atoms with E-state index in [0.717, 1.165) is 5.56 Å². The molecule has 0 bridgehead atoms. The summed E-state index contributed by atoms with van der Waals surface area (Å²) < 4.78 is 0. The van der Waals surface area contributed by atoms with Gasteiger partial charge in [0.1, 0.15) is 0 Å². The summed E-state index contributed by atoms with van der Waals surface area (Å²) in [6.45, 7) is 1.29. The van der Waals surface area contributed by atoms with Crippen LogP contribution in [0.3, 0.4) is 0 Å². The predicted molar refractivity (Wildman–Crippen MR) is 86.3 cm³/mol. The Morgan fingerprint density at radius 2 is 1.76 bits per heavy atom. The van der Waals surface area contributed by atoms with Crippen molar-refractivity contribution in [1.82, 2.24) is 9.97 Å². The molecule has 0 atom stereocenters. The van der Waals surface area contributed by atoms with E-state index in [1.54, 1.807) is 18.5 Å². The smallest absolute Gasteiger partial charge is 0.225 e. The molecular weight excluding hydrogens is 333 g/mol. The highest BCUT2D eigenvalue weighted by Crippen LogP contribution is 2.24. The van der Waals surface area contributed by atoms with Crippen molar-refractivity contribution in [3.05, 3.63) is 51.2 Å². The number of aliphatic hydroxyl groups is 1. The molecule has 1 aromatic carbocycles. The highest BCUT2D eigenvalue weighted by molar-refractivity contribution is 6.42. The first kappa shape index (κ1) is 16.3. The molecule has 112 valence electrons. The minimum atomic E-state index is 0.103. The Balaban J connectivity index is 2.19. The van der Waals surface area contributed by atoms with E-state index in [0.29, 0.717) is 40.5 Å². The molecule has 21 heavy (non-hydrogen) atoms. The minimum Gasteiger partial charge on any atom is -0.396 e. The summed E-state index contributed by atoms with van der Waals surface area (Å²) in [5.74, 6) is 0.555. The van der Waals surface area contributed by atoms with Gasteiger partial charge in [-0.1, -0.05) is 40.9 Å². The molecule has 1 heterocycles. The van der Waals surface area contributed by atoms with Gasteiger partial charge in [0.25, 0.3) is 0 Å². The van der Waals surface area contributed by atoms with Crippen LogP contribution in [0.2, 0.25) is 15.1 Å². The molecule has 2 rings (SSSR count). The van der Waals surface area contributed by atoms with E-state index in [2.05, 4.69) is 9.97 Å². The fourth-order valence-corrected chi connectivity index (χ4v) is 2.26. The maximum absolute atomic E-state index is 9.03. The molecule has 0 amide bonds. The van der Waals surface area contributed by atoms with Crippen LogP contribution >= 0.6 is 34.8 Å². The average Bonchev–Trinajstić information content (AvgIpc) is 2.48. The van der Waals surface area contributed by atoms with Crippen molar-refractivity contribution in [1.29, 1.82) is 0 Å². The van der Waals surface area contributed by atoms with Gasteiger partial charge in [-0.05, 0) is 24.1 Å². The molecule has 1 aromatic heterocycles. The molecule has 4 nitrogen and oxygen atoms in total. The van der Waals surface area contributed by atoms with E-state index in [1.165, 1.54) is 0 Å². The molecule has 0 aliphatic heterocycles. The molecule has 0 fully saturated rings. The second-order valence-corrected chi connectivity index (χ2v) is 5.70. The molecule has 7 heteroatoms. The van der Waals surface area contributed by atoms with Crippen LogP contribution in [-0.2, 0) is 6.54 Å². The third kappa shape index (κ3) is 4.71. The van der Waals surface area contributed by atoms with Crippen molar-refractivity contribution in [3.8, 4) is 0 Å². The van der Waals surface area contributed by atoms with Gasteiger partial charge < -0.3 is 10.0 Å². The lowest BCUT2D eigenvalue weighted by atomic mass is 10.2. The van der Waals surface area contributed by atoms with Crippen LogP contribution in [0, 0.1) is 0 Å². The van der Waals surface area contributed by atoms with Crippen LogP contribution in [0.15, 0.2) is 30.6 Å². The number of hydrogen-bond acceptors (Lipinski definition) is 4. The SMILES string of the molecule is OCCCN(Cc1ccc(Cl)c(Cl)c1)c1ncc(Cl)cn1. The molecule has 0 aliphatic carbocycles. The zero-order chi connectivity index (χ0) is 15.2. The minimum absolute atomic E-state index is 0.103. The Kier molecular flexibility index (Phi) is 6.06. The van der Waals surface area contributed by atoms with Crippen LogP contribution in [-0.4, -0.2) is 28.2 Å². The fraction of sp³-hybridized carbons (Fsp3) is 0.286. The summed E-state index contributed by atoms with van der Waals surface area (Å²) in [6.07, 6.45) is 3.71. The largest absolute Gasteiger partial charge is 0.396 e. The van der Waals surface area contributed by atoms with Crippen molar-refractivity contribution in [2.45, 2.75) is 13.0 Å². The molecule has 0 spiro atoms. The number of aliphatic hydroxyl groups excluding tert-OH is 1. The van der Waals surface area contributed by atoms with E-state index < -0.39 is 0 Å². The Labute approximate surface area is 138 Å². The summed E-state index contributed by atoms with van der Waals surface area (Å²) in [6, 6.07) is 5.47. The third-order valence-corrected chi connectivity index (χ3v) is 3.77. The van der Waals surface area contributed by atoms with Crippen LogP contribution in [0.25, 0.3) is 0 Å². The van der Waals surface area contributed by atoms with Crippen molar-refractivity contribution in [3.63, 3.8) is 0 Å². The monoisotopic (exact) mass is 345 g/mol. The molecule has 0 radical (unpaired) electrons. The third-order valence-electron chi connectivity index (χ3n) is 2.83. The zero-order valence-corrected chi connectivity index (χ0v) is 13.4. The first-order valence-corrected chi connectivity index (χ1v) is 7.51. The number of benzene rings is 1. The number of hydrogen-bond donors (Lipinski definition) is 1. The Morgan fingerprint density at radius 1 is 1.05 bits per heavy atom. The number of nitrogens with zero attached hydrogens (tertiary/aromatic N) is 3. The van der Waals surface area contributed by atoms with Gasteiger partial charge in [0.2, 0.25) is 5.95 Å². The number of halogens is 3. The lowest BCUT2D eigenvalue weighted by Crippen LogP contribution is -2.26. The summed E-state index contributed by atoms with van der Waals surface area (Å²) in [4.78, 5) is 10.4. The van der Waals surface area contributed by atoms with Crippen LogP contribution in [0.1, 0.15) is 12.0 Å². The van der Waals surface area contributed by atoms with Gasteiger partial charge in [-0.2, -0.15) is 0 Å². The van der Waals surface area contributed by atoms with E-state index in [9.17, 15) is 0 Å². The highest BCUT2D eigenvalue weighted by atomic mass is 35.5. The topological polar surface area (TPSA) is 49.2 Å². The Morgan fingerprint density at radius 3 is 2.38 bits per heavy atom. The number of aromatic nitrogens is 2. The highest BCUT2D eigenvalue weighted by Gasteiger charge is 2.11. The van der Waals surface area contributed by atoms with Crippen LogP contribution in [0.4, 0.5) is 5.95 Å². The quantitative estimate of drug-likeness (QED) is 0.863. The van der Waals surface area contributed by atoms with Crippen molar-refractivity contribution < 1.29 is 5.11 Å². The molecule has 1 N–H and O–H groups in total. The standard InChI is InChI=1S/C14H14Cl3N3O/c15-11-7-18-14(19-8-11)20(4-1-5-21)9-10-2-3-12(16)13(17)6-10/h2-3,6-8,21H,1,4-5,9H2. The van der Waals surface area contributed by atoms with Gasteiger partial charge in [-0.15, -0.1) is 0 Å². The maximum Gasteiger partial charge on any atom is 0.225 e. The van der Waals surface area contributed by atoms with Gasteiger partial charge in [-0.25, -0.2) is 9.97 Å². The molecule has 0 saturated heterocycles. The van der Waals surface area contributed by atoms with Gasteiger partial charge in [0, 0.05) is 19.7 Å². The number of rotatable bonds is 6. The lowest BCUT2D eigenvalue weighted by Gasteiger charge is -2.22. The fourth-order valence-electron chi connectivity index (χ4n) is 1.84. The average molecular weight is 347 g/mol. The van der Waals surface area contributed by atoms with Crippen molar-refractivity contribution >= 4 is 40.8 Å². The zero-order valence-electron chi connectivity index (χ0n) is 11.1. The molecule has 0 saturated carbocycles. The summed E-state index contributed by atoms with van der Waals surface area (Å²) >= 11 is 17.7. The van der Waals surface area contributed by atoms with E-state index >= 15 is 0 Å². The van der Waals surface area contributed by atoms with Crippen LogP contribution in [0.5, 0.6) is 0 Å². The molecular formula is C14H14Cl3N3O. The first-order chi connectivity index (χ1) is 10.1. The van der Waals surface area contributed by atoms with E-state index in [1.807, 2.05) is 17.0 Å². The lowest BCUT2D eigenvalue weighted by molar-refractivity contribution is 0.289. The Bertz CT molecular complexity index is 593. The maximum atomic E-state index is 9.03. The predicted octanol–water partition coefficient (Wildman–Crippen LogP) is 3.83. The molecule has 2 aromatic rings. The van der Waals surface area contributed by atoms with Gasteiger partial charge in [0.15, 0.2) is 0 Å². The summed E-state index contributed by atoms with van der Waals surface area (Å²) in [5.41, 5.74) is 0.987. The first-order valence-electron chi connectivity index (χ1n) is 6.37. The number of anilines is 1. The molecule has 0 aliphatic rings. The normalized spacial score (nSPS) is 10.7. The molecule has 0 unspecified atom stereocenters. The van der Waals surface area contributed by atoms with Crippen LogP contribution < -0.4 is 4.90 Å². The second kappa shape index (κ2) is 7.80. The summed E-state index contributed by atoms with van der Waals surface area (Å²) in [5, 5.41) is 10.5. The van der Waals surface area contributed by atoms with Gasteiger partial charge >= 0.3 is 0 Å². The second-order valence-electron chi connectivity index (χ2n) is 4.45. The van der Waals surface area contributed by atoms with Crippen molar-refractivity contribution in [2.24, 2.45) is 0 Å². The van der Waals surface area contributed by atoms with Gasteiger partial charge in [-0.3, -0.25) is 0 Å². The summed E-state index contributed by atoms with van der Waals surface area (Å²) in [7, 11) is 0. The van der Waals surface area contributed by atoms with E-state index in [-0.39, 0.29) is 6.61 Å². The van der Waals surface area contributed by atoms with E-state index in [4.69, 9.17) is 39.9 Å². The van der Waals surface area contributed by atoms with Gasteiger partial charge in [0.05, 0.1) is 27.5 Å². The van der Waals surface area contributed by atoms with Crippen molar-refractivity contribution in [2.75, 3.05) is 18.1 Å². The Hall–Kier alpha value is -1.07.